The van der Waals surface area contributed by atoms with Gasteiger partial charge in [0.15, 0.2) is 0 Å². The van der Waals surface area contributed by atoms with E-state index in [-0.39, 0.29) is 18.7 Å². The van der Waals surface area contributed by atoms with Crippen LogP contribution in [0.15, 0.2) is 0 Å². The Bertz CT molecular complexity index is 670. The van der Waals surface area contributed by atoms with Crippen LogP contribution in [0.25, 0.3) is 0 Å². The molecule has 124 valence electrons. The van der Waals surface area contributed by atoms with E-state index in [1.807, 2.05) is 0 Å². The van der Waals surface area contributed by atoms with Gasteiger partial charge in [0.25, 0.3) is 0 Å². The molecule has 1 aliphatic rings. The maximum atomic E-state index is 12.2. The minimum absolute atomic E-state index is 0.0655. The SMILES string of the molecule is C[C@H]1CCc2c(sc(NC(=O)CC(C)(C)CC(=O)O)c2C#N)C1. The fourth-order valence-electron chi connectivity index (χ4n) is 3.03. The second-order valence-corrected chi connectivity index (χ2v) is 8.23. The van der Waals surface area contributed by atoms with Gasteiger partial charge < -0.3 is 10.4 Å². The van der Waals surface area contributed by atoms with E-state index in [9.17, 15) is 14.9 Å². The molecule has 0 aliphatic heterocycles. The van der Waals surface area contributed by atoms with Crippen LogP contribution < -0.4 is 5.32 Å². The van der Waals surface area contributed by atoms with Crippen molar-refractivity contribution < 1.29 is 14.7 Å². The van der Waals surface area contributed by atoms with Crippen molar-refractivity contribution in [2.45, 2.75) is 52.9 Å². The van der Waals surface area contributed by atoms with Gasteiger partial charge in [-0.25, -0.2) is 0 Å². The van der Waals surface area contributed by atoms with Crippen LogP contribution in [0.1, 0.15) is 56.0 Å². The molecule has 0 radical (unpaired) electrons. The summed E-state index contributed by atoms with van der Waals surface area (Å²) in [6, 6.07) is 2.22. The van der Waals surface area contributed by atoms with E-state index in [0.717, 1.165) is 24.8 Å². The van der Waals surface area contributed by atoms with Gasteiger partial charge in [-0.3, -0.25) is 9.59 Å². The zero-order chi connectivity index (χ0) is 17.2. The van der Waals surface area contributed by atoms with E-state index in [1.54, 1.807) is 13.8 Å². The van der Waals surface area contributed by atoms with Crippen molar-refractivity contribution in [3.63, 3.8) is 0 Å². The highest BCUT2D eigenvalue weighted by Gasteiger charge is 2.28. The zero-order valence-corrected chi connectivity index (χ0v) is 14.5. The minimum Gasteiger partial charge on any atom is -0.481 e. The van der Waals surface area contributed by atoms with Crippen LogP contribution in [0.3, 0.4) is 0 Å². The Balaban J connectivity index is 2.13. The number of fused-ring (bicyclic) bond motifs is 1. The maximum Gasteiger partial charge on any atom is 0.303 e. The topological polar surface area (TPSA) is 90.2 Å². The molecule has 0 spiro atoms. The maximum absolute atomic E-state index is 12.2. The van der Waals surface area contributed by atoms with Crippen LogP contribution in [-0.4, -0.2) is 17.0 Å². The van der Waals surface area contributed by atoms with Crippen LogP contribution in [-0.2, 0) is 22.4 Å². The lowest BCUT2D eigenvalue weighted by atomic mass is 9.85. The van der Waals surface area contributed by atoms with Crippen LogP contribution in [0.2, 0.25) is 0 Å². The van der Waals surface area contributed by atoms with Crippen molar-refractivity contribution in [3.05, 3.63) is 16.0 Å². The summed E-state index contributed by atoms with van der Waals surface area (Å²) in [4.78, 5) is 24.3. The number of thiophene rings is 1. The van der Waals surface area contributed by atoms with Gasteiger partial charge in [0.05, 0.1) is 12.0 Å². The number of rotatable bonds is 5. The average molecular weight is 334 g/mol. The van der Waals surface area contributed by atoms with Gasteiger partial charge in [-0.1, -0.05) is 20.8 Å². The van der Waals surface area contributed by atoms with Gasteiger partial charge in [0.2, 0.25) is 5.91 Å². The number of nitriles is 1. The summed E-state index contributed by atoms with van der Waals surface area (Å²) in [7, 11) is 0. The molecule has 0 saturated carbocycles. The Morgan fingerprint density at radius 3 is 2.74 bits per heavy atom. The lowest BCUT2D eigenvalue weighted by Gasteiger charge is -2.21. The number of aliphatic carboxylic acids is 1. The molecule has 23 heavy (non-hydrogen) atoms. The average Bonchev–Trinajstić information content (AvgIpc) is 2.71. The molecule has 2 rings (SSSR count). The van der Waals surface area contributed by atoms with Crippen LogP contribution in [0.5, 0.6) is 0 Å². The Hall–Kier alpha value is -1.87. The molecule has 1 aromatic heterocycles. The first kappa shape index (κ1) is 17.5. The van der Waals surface area contributed by atoms with Crippen molar-refractivity contribution in [1.82, 2.24) is 0 Å². The minimum atomic E-state index is -0.916. The predicted octanol–water partition coefficient (Wildman–Crippen LogP) is 3.57. The molecule has 1 amide bonds. The monoisotopic (exact) mass is 334 g/mol. The highest BCUT2D eigenvalue weighted by Crippen LogP contribution is 2.39. The van der Waals surface area contributed by atoms with Crippen LogP contribution >= 0.6 is 11.3 Å². The summed E-state index contributed by atoms with van der Waals surface area (Å²) in [5.41, 5.74) is 1.05. The number of amides is 1. The van der Waals surface area contributed by atoms with Crippen molar-refractivity contribution >= 4 is 28.2 Å². The molecule has 1 atom stereocenters. The van der Waals surface area contributed by atoms with Gasteiger partial charge in [0, 0.05) is 11.3 Å². The summed E-state index contributed by atoms with van der Waals surface area (Å²) in [6.07, 6.45) is 2.95. The van der Waals surface area contributed by atoms with E-state index >= 15 is 0 Å². The molecule has 0 bridgehead atoms. The number of nitrogens with one attached hydrogen (secondary N) is 1. The largest absolute Gasteiger partial charge is 0.481 e. The van der Waals surface area contributed by atoms with Gasteiger partial charge in [-0.15, -0.1) is 11.3 Å². The Labute approximate surface area is 140 Å². The van der Waals surface area contributed by atoms with Crippen molar-refractivity contribution in [2.75, 3.05) is 5.32 Å². The number of carboxylic acid groups (broad SMARTS) is 1. The van der Waals surface area contributed by atoms with E-state index in [0.29, 0.717) is 16.5 Å². The van der Waals surface area contributed by atoms with Gasteiger partial charge in [0.1, 0.15) is 11.1 Å². The van der Waals surface area contributed by atoms with Crippen molar-refractivity contribution in [1.29, 1.82) is 5.26 Å². The number of hydrogen-bond acceptors (Lipinski definition) is 4. The van der Waals surface area contributed by atoms with E-state index in [2.05, 4.69) is 18.3 Å². The fraction of sp³-hybridized carbons (Fsp3) is 0.588. The summed E-state index contributed by atoms with van der Waals surface area (Å²) in [5, 5.41) is 21.8. The molecule has 0 fully saturated rings. The van der Waals surface area contributed by atoms with Crippen LogP contribution in [0.4, 0.5) is 5.00 Å². The van der Waals surface area contributed by atoms with E-state index in [1.165, 1.54) is 16.2 Å². The van der Waals surface area contributed by atoms with E-state index in [4.69, 9.17) is 5.11 Å². The lowest BCUT2D eigenvalue weighted by Crippen LogP contribution is -2.24. The third-order valence-corrected chi connectivity index (χ3v) is 5.32. The van der Waals surface area contributed by atoms with Gasteiger partial charge >= 0.3 is 5.97 Å². The Morgan fingerprint density at radius 2 is 2.13 bits per heavy atom. The zero-order valence-electron chi connectivity index (χ0n) is 13.7. The van der Waals surface area contributed by atoms with Crippen LogP contribution in [0, 0.1) is 22.7 Å². The number of carbonyl (C=O) groups excluding carboxylic acids is 1. The number of anilines is 1. The number of carbonyl (C=O) groups is 2. The summed E-state index contributed by atoms with van der Waals surface area (Å²) >= 11 is 1.49. The highest BCUT2D eigenvalue weighted by atomic mass is 32.1. The molecule has 0 aromatic carbocycles. The quantitative estimate of drug-likeness (QED) is 0.861. The number of hydrogen-bond donors (Lipinski definition) is 2. The normalized spacial score (nSPS) is 17.2. The molecular formula is C17H22N2O3S. The second-order valence-electron chi connectivity index (χ2n) is 7.13. The first-order valence-corrected chi connectivity index (χ1v) is 8.60. The molecule has 0 saturated heterocycles. The number of carboxylic acids is 1. The Morgan fingerprint density at radius 1 is 1.43 bits per heavy atom. The smallest absolute Gasteiger partial charge is 0.303 e. The molecule has 1 heterocycles. The first-order chi connectivity index (χ1) is 10.7. The molecule has 1 aliphatic carbocycles. The third-order valence-electron chi connectivity index (χ3n) is 4.15. The lowest BCUT2D eigenvalue weighted by molar-refractivity contribution is -0.139. The second kappa shape index (κ2) is 6.71. The summed E-state index contributed by atoms with van der Waals surface area (Å²) < 4.78 is 0. The fourth-order valence-corrected chi connectivity index (χ4v) is 4.41. The van der Waals surface area contributed by atoms with Gasteiger partial charge in [-0.2, -0.15) is 5.26 Å². The van der Waals surface area contributed by atoms with E-state index < -0.39 is 11.4 Å². The standard InChI is InChI=1S/C17H22N2O3S/c1-10-4-5-11-12(9-18)16(23-13(11)6-10)19-14(20)7-17(2,3)8-15(21)22/h10H,4-8H2,1-3H3,(H,19,20)(H,21,22)/t10-/m0/s1. The molecule has 2 N–H and O–H groups in total. The Kier molecular flexibility index (Phi) is 5.10. The highest BCUT2D eigenvalue weighted by molar-refractivity contribution is 7.16. The number of nitrogens with zero attached hydrogens (tertiary/aromatic N) is 1. The predicted molar refractivity (Wildman–Crippen MR) is 89.5 cm³/mol. The van der Waals surface area contributed by atoms with Crippen molar-refractivity contribution in [2.24, 2.45) is 11.3 Å². The summed E-state index contributed by atoms with van der Waals surface area (Å²) in [5.74, 6) is -0.550. The molecule has 5 nitrogen and oxygen atoms in total. The first-order valence-electron chi connectivity index (χ1n) is 7.78. The molecule has 0 unspecified atom stereocenters. The summed E-state index contributed by atoms with van der Waals surface area (Å²) in [6.45, 7) is 5.71. The molecule has 6 heteroatoms. The molecule has 1 aromatic rings. The third kappa shape index (κ3) is 4.32. The molecular weight excluding hydrogens is 312 g/mol. The van der Waals surface area contributed by atoms with Crippen molar-refractivity contribution in [3.8, 4) is 6.07 Å². The van der Waals surface area contributed by atoms with Gasteiger partial charge in [-0.05, 0) is 36.2 Å².